The average molecular weight is 278 g/mol. The molecule has 1 amide bonds. The zero-order valence-corrected chi connectivity index (χ0v) is 13.2. The molecule has 0 saturated carbocycles. The minimum absolute atomic E-state index is 0.0460. The Kier molecular flexibility index (Phi) is 6.45. The second kappa shape index (κ2) is 7.85. The van der Waals surface area contributed by atoms with Crippen LogP contribution in [0.5, 0.6) is 0 Å². The smallest absolute Gasteiger partial charge is 0.251 e. The average Bonchev–Trinajstić information content (AvgIpc) is 2.38. The molecule has 1 aromatic heterocycles. The number of hydrogen-bond donors (Lipinski definition) is 2. The largest absolute Gasteiger partial charge is 0.370 e. The normalized spacial score (nSPS) is 10.9. The molecule has 5 nitrogen and oxygen atoms in total. The fraction of sp³-hybridized carbons (Fsp3) is 0.600. The van der Waals surface area contributed by atoms with E-state index in [-0.39, 0.29) is 5.91 Å². The number of rotatable bonds is 7. The molecule has 0 aliphatic carbocycles. The van der Waals surface area contributed by atoms with E-state index >= 15 is 0 Å². The highest BCUT2D eigenvalue weighted by Gasteiger charge is 2.11. The highest BCUT2D eigenvalue weighted by Crippen LogP contribution is 2.17. The zero-order valence-electron chi connectivity index (χ0n) is 13.2. The minimum Gasteiger partial charge on any atom is -0.370 e. The van der Waals surface area contributed by atoms with Crippen molar-refractivity contribution in [2.24, 2.45) is 0 Å². The van der Waals surface area contributed by atoms with Crippen molar-refractivity contribution in [1.29, 1.82) is 0 Å². The third-order valence-electron chi connectivity index (χ3n) is 2.90. The first kappa shape index (κ1) is 16.4. The molecule has 5 heteroatoms. The predicted octanol–water partition coefficient (Wildman–Crippen LogP) is 1.93. The number of nitrogens with one attached hydrogen (secondary N) is 2. The van der Waals surface area contributed by atoms with Gasteiger partial charge in [-0.1, -0.05) is 13.8 Å². The number of pyridine rings is 1. The van der Waals surface area contributed by atoms with Crippen LogP contribution in [0.1, 0.15) is 42.7 Å². The van der Waals surface area contributed by atoms with Crippen LogP contribution in [0.2, 0.25) is 0 Å². The summed E-state index contributed by atoms with van der Waals surface area (Å²) in [5, 5.41) is 6.10. The van der Waals surface area contributed by atoms with E-state index in [1.165, 1.54) is 0 Å². The number of anilines is 1. The van der Waals surface area contributed by atoms with Crippen LogP contribution in [0, 0.1) is 0 Å². The lowest BCUT2D eigenvalue weighted by atomic mass is 10.1. The van der Waals surface area contributed by atoms with Crippen LogP contribution >= 0.6 is 0 Å². The fourth-order valence-electron chi connectivity index (χ4n) is 1.75. The summed E-state index contributed by atoms with van der Waals surface area (Å²) < 4.78 is 0. The Morgan fingerprint density at radius 2 is 2.05 bits per heavy atom. The molecule has 0 bridgehead atoms. The third kappa shape index (κ3) is 5.17. The minimum atomic E-state index is -0.0460. The van der Waals surface area contributed by atoms with Crippen LogP contribution < -0.4 is 10.6 Å². The van der Waals surface area contributed by atoms with Crippen LogP contribution in [0.4, 0.5) is 5.82 Å². The molecule has 0 unspecified atom stereocenters. The van der Waals surface area contributed by atoms with Crippen molar-refractivity contribution in [3.05, 3.63) is 23.4 Å². The second-order valence-electron chi connectivity index (χ2n) is 5.41. The molecule has 0 atom stereocenters. The SMILES string of the molecule is CCNc1cc(C(=O)NCCN(C)C)cc(C(C)C)n1. The molecule has 0 spiro atoms. The summed E-state index contributed by atoms with van der Waals surface area (Å²) in [7, 11) is 3.97. The quantitative estimate of drug-likeness (QED) is 0.800. The first-order valence-electron chi connectivity index (χ1n) is 7.12. The van der Waals surface area contributed by atoms with Gasteiger partial charge in [0, 0.05) is 30.9 Å². The molecule has 1 rings (SSSR count). The molecule has 2 N–H and O–H groups in total. The van der Waals surface area contributed by atoms with Gasteiger partial charge in [-0.3, -0.25) is 4.79 Å². The van der Waals surface area contributed by atoms with Gasteiger partial charge in [-0.2, -0.15) is 0 Å². The lowest BCUT2D eigenvalue weighted by Crippen LogP contribution is -2.31. The third-order valence-corrected chi connectivity index (χ3v) is 2.90. The first-order chi connectivity index (χ1) is 9.43. The van der Waals surface area contributed by atoms with Crippen LogP contribution in [0.25, 0.3) is 0 Å². The Balaban J connectivity index is 2.83. The fourth-order valence-corrected chi connectivity index (χ4v) is 1.75. The van der Waals surface area contributed by atoms with Crippen molar-refractivity contribution in [3.8, 4) is 0 Å². The van der Waals surface area contributed by atoms with Gasteiger partial charge in [-0.05, 0) is 39.1 Å². The van der Waals surface area contributed by atoms with Crippen LogP contribution in [-0.4, -0.2) is 49.5 Å². The molecule has 0 saturated heterocycles. The molecule has 0 aliphatic rings. The van der Waals surface area contributed by atoms with Crippen molar-refractivity contribution >= 4 is 11.7 Å². The number of carbonyl (C=O) groups is 1. The van der Waals surface area contributed by atoms with Gasteiger partial charge in [0.1, 0.15) is 5.82 Å². The van der Waals surface area contributed by atoms with E-state index in [9.17, 15) is 4.79 Å². The predicted molar refractivity (Wildman–Crippen MR) is 83.4 cm³/mol. The maximum atomic E-state index is 12.2. The molecular formula is C15H26N4O. The van der Waals surface area contributed by atoms with E-state index in [4.69, 9.17) is 0 Å². The maximum Gasteiger partial charge on any atom is 0.251 e. The van der Waals surface area contributed by atoms with Gasteiger partial charge >= 0.3 is 0 Å². The van der Waals surface area contributed by atoms with Gasteiger partial charge in [-0.15, -0.1) is 0 Å². The van der Waals surface area contributed by atoms with Gasteiger partial charge in [0.15, 0.2) is 0 Å². The molecular weight excluding hydrogens is 252 g/mol. The topological polar surface area (TPSA) is 57.3 Å². The summed E-state index contributed by atoms with van der Waals surface area (Å²) in [4.78, 5) is 18.7. The molecule has 1 aromatic rings. The molecule has 0 fully saturated rings. The van der Waals surface area contributed by atoms with E-state index in [0.29, 0.717) is 18.0 Å². The van der Waals surface area contributed by atoms with E-state index < -0.39 is 0 Å². The molecule has 112 valence electrons. The van der Waals surface area contributed by atoms with Crippen molar-refractivity contribution in [3.63, 3.8) is 0 Å². The zero-order chi connectivity index (χ0) is 15.1. The van der Waals surface area contributed by atoms with Gasteiger partial charge < -0.3 is 15.5 Å². The Morgan fingerprint density at radius 3 is 2.60 bits per heavy atom. The van der Waals surface area contributed by atoms with Gasteiger partial charge in [0.2, 0.25) is 0 Å². The molecule has 0 aromatic carbocycles. The van der Waals surface area contributed by atoms with Crippen molar-refractivity contribution in [2.75, 3.05) is 39.0 Å². The Labute approximate surface area is 121 Å². The lowest BCUT2D eigenvalue weighted by Gasteiger charge is -2.13. The van der Waals surface area contributed by atoms with E-state index in [0.717, 1.165) is 24.6 Å². The number of nitrogens with zero attached hydrogens (tertiary/aromatic N) is 2. The summed E-state index contributed by atoms with van der Waals surface area (Å²) >= 11 is 0. The number of aromatic nitrogens is 1. The van der Waals surface area contributed by atoms with Gasteiger partial charge in [-0.25, -0.2) is 4.98 Å². The number of hydrogen-bond acceptors (Lipinski definition) is 4. The number of carbonyl (C=O) groups excluding carboxylic acids is 1. The van der Waals surface area contributed by atoms with Gasteiger partial charge in [0.05, 0.1) is 0 Å². The van der Waals surface area contributed by atoms with Crippen LogP contribution in [0.15, 0.2) is 12.1 Å². The number of amides is 1. The summed E-state index contributed by atoms with van der Waals surface area (Å²) in [5.41, 5.74) is 1.60. The molecule has 1 heterocycles. The van der Waals surface area contributed by atoms with Crippen molar-refractivity contribution in [2.45, 2.75) is 26.7 Å². The Bertz CT molecular complexity index is 443. The first-order valence-corrected chi connectivity index (χ1v) is 7.12. The van der Waals surface area contributed by atoms with Crippen molar-refractivity contribution < 1.29 is 4.79 Å². The molecule has 20 heavy (non-hydrogen) atoms. The summed E-state index contributed by atoms with van der Waals surface area (Å²) in [5.74, 6) is 1.01. The second-order valence-corrected chi connectivity index (χ2v) is 5.41. The lowest BCUT2D eigenvalue weighted by molar-refractivity contribution is 0.0951. The maximum absolute atomic E-state index is 12.2. The van der Waals surface area contributed by atoms with E-state index in [1.807, 2.05) is 32.0 Å². The molecule has 0 radical (unpaired) electrons. The van der Waals surface area contributed by atoms with Crippen LogP contribution in [0.3, 0.4) is 0 Å². The van der Waals surface area contributed by atoms with Crippen molar-refractivity contribution in [1.82, 2.24) is 15.2 Å². The highest BCUT2D eigenvalue weighted by molar-refractivity contribution is 5.95. The standard InChI is InChI=1S/C15H26N4O/c1-6-16-14-10-12(9-13(18-14)11(2)3)15(20)17-7-8-19(4)5/h9-11H,6-8H2,1-5H3,(H,16,18)(H,17,20). The highest BCUT2D eigenvalue weighted by atomic mass is 16.1. The monoisotopic (exact) mass is 278 g/mol. The van der Waals surface area contributed by atoms with Gasteiger partial charge in [0.25, 0.3) is 5.91 Å². The number of likely N-dealkylation sites (N-methyl/N-ethyl adjacent to an activating group) is 1. The van der Waals surface area contributed by atoms with E-state index in [1.54, 1.807) is 6.07 Å². The summed E-state index contributed by atoms with van der Waals surface area (Å²) in [6.45, 7) is 8.42. The van der Waals surface area contributed by atoms with E-state index in [2.05, 4.69) is 29.5 Å². The Morgan fingerprint density at radius 1 is 1.35 bits per heavy atom. The van der Waals surface area contributed by atoms with Crippen LogP contribution in [-0.2, 0) is 0 Å². The Hall–Kier alpha value is -1.62. The summed E-state index contributed by atoms with van der Waals surface area (Å²) in [6, 6.07) is 3.68. The summed E-state index contributed by atoms with van der Waals surface area (Å²) in [6.07, 6.45) is 0. The molecule has 0 aliphatic heterocycles.